The van der Waals surface area contributed by atoms with Gasteiger partial charge in [-0.2, -0.15) is 16.8 Å². The Kier molecular flexibility index (Phi) is 7.05. The quantitative estimate of drug-likeness (QED) is 0.585. The summed E-state index contributed by atoms with van der Waals surface area (Å²) in [6, 6.07) is 14.2. The molecule has 0 saturated carbocycles. The molecular weight excluding hydrogens is 404 g/mol. The Balaban J connectivity index is 2.29. The van der Waals surface area contributed by atoms with E-state index < -0.39 is 32.0 Å². The third kappa shape index (κ3) is 7.47. The molecule has 0 radical (unpaired) electrons. The van der Waals surface area contributed by atoms with E-state index >= 15 is 0 Å². The Hall–Kier alpha value is -2.14. The molecular formula is C18H24N2O6S2. The van der Waals surface area contributed by atoms with E-state index in [2.05, 4.69) is 0 Å². The number of anilines is 2. The van der Waals surface area contributed by atoms with Crippen LogP contribution in [0.15, 0.2) is 48.5 Å². The Bertz CT molecular complexity index is 938. The molecule has 0 aromatic heterocycles. The fraction of sp³-hybridized carbons (Fsp3) is 0.333. The molecule has 0 saturated heterocycles. The van der Waals surface area contributed by atoms with E-state index in [1.54, 1.807) is 36.4 Å². The predicted molar refractivity (Wildman–Crippen MR) is 110 cm³/mol. The molecule has 2 aromatic rings. The standard InChI is InChI=1S/C18H24N2O6S2/c1-15-5-3-7-17(11-15)19(13-27(21,22)23)9-10-20(14-28(24,25)26)18-8-4-6-16(2)12-18/h3-8,11-12H,9-10,13-14H2,1-2H3,(H,21,22,23)(H,24,25,26). The highest BCUT2D eigenvalue weighted by molar-refractivity contribution is 7.86. The maximum atomic E-state index is 11.5. The summed E-state index contributed by atoms with van der Waals surface area (Å²) in [5.41, 5.74) is 2.97. The van der Waals surface area contributed by atoms with Crippen LogP contribution in [-0.4, -0.2) is 50.8 Å². The molecule has 28 heavy (non-hydrogen) atoms. The molecule has 0 aliphatic carbocycles. The molecule has 8 nitrogen and oxygen atoms in total. The van der Waals surface area contributed by atoms with Crippen molar-refractivity contribution >= 4 is 31.6 Å². The van der Waals surface area contributed by atoms with Gasteiger partial charge in [-0.15, -0.1) is 0 Å². The average molecular weight is 429 g/mol. The number of rotatable bonds is 9. The molecule has 0 unspecified atom stereocenters. The molecule has 2 aromatic carbocycles. The summed E-state index contributed by atoms with van der Waals surface area (Å²) < 4.78 is 64.4. The van der Waals surface area contributed by atoms with Crippen molar-refractivity contribution in [1.82, 2.24) is 0 Å². The van der Waals surface area contributed by atoms with Crippen molar-refractivity contribution in [3.05, 3.63) is 59.7 Å². The summed E-state index contributed by atoms with van der Waals surface area (Å²) >= 11 is 0. The summed E-state index contributed by atoms with van der Waals surface area (Å²) in [5.74, 6) is -1.27. The lowest BCUT2D eigenvalue weighted by Crippen LogP contribution is -2.40. The Morgan fingerprint density at radius 2 is 1.07 bits per heavy atom. The highest BCUT2D eigenvalue weighted by Crippen LogP contribution is 2.20. The Morgan fingerprint density at radius 3 is 1.36 bits per heavy atom. The second kappa shape index (κ2) is 8.91. The van der Waals surface area contributed by atoms with E-state index in [-0.39, 0.29) is 13.1 Å². The summed E-state index contributed by atoms with van der Waals surface area (Å²) in [4.78, 5) is 2.88. The number of hydrogen-bond donors (Lipinski definition) is 2. The first-order chi connectivity index (χ1) is 12.9. The van der Waals surface area contributed by atoms with Crippen LogP contribution in [0.5, 0.6) is 0 Å². The minimum absolute atomic E-state index is 0.104. The lowest BCUT2D eigenvalue weighted by molar-refractivity contribution is 0.477. The molecule has 2 N–H and O–H groups in total. The first kappa shape index (κ1) is 22.2. The van der Waals surface area contributed by atoms with Crippen LogP contribution >= 0.6 is 0 Å². The van der Waals surface area contributed by atoms with E-state index in [0.717, 1.165) is 11.1 Å². The number of nitrogens with zero attached hydrogens (tertiary/aromatic N) is 2. The first-order valence-electron chi connectivity index (χ1n) is 8.46. The second-order valence-electron chi connectivity index (χ2n) is 6.63. The second-order valence-corrected chi connectivity index (χ2v) is 9.47. The van der Waals surface area contributed by atoms with Gasteiger partial charge in [-0.05, 0) is 49.2 Å². The normalized spacial score (nSPS) is 12.0. The maximum Gasteiger partial charge on any atom is 0.283 e. The van der Waals surface area contributed by atoms with Crippen LogP contribution in [0.4, 0.5) is 11.4 Å². The molecule has 0 aliphatic heterocycles. The molecule has 2 rings (SSSR count). The molecule has 0 atom stereocenters. The van der Waals surface area contributed by atoms with Crippen molar-refractivity contribution in [2.75, 3.05) is 34.6 Å². The Labute approximate surface area is 165 Å². The lowest BCUT2D eigenvalue weighted by atomic mass is 10.2. The molecule has 0 amide bonds. The predicted octanol–water partition coefficient (Wildman–Crippen LogP) is 2.31. The maximum absolute atomic E-state index is 11.5. The molecule has 0 bridgehead atoms. The van der Waals surface area contributed by atoms with Crippen molar-refractivity contribution in [1.29, 1.82) is 0 Å². The van der Waals surface area contributed by atoms with E-state index in [1.807, 2.05) is 26.0 Å². The van der Waals surface area contributed by atoms with Crippen LogP contribution < -0.4 is 9.80 Å². The highest BCUT2D eigenvalue weighted by Gasteiger charge is 2.19. The van der Waals surface area contributed by atoms with Gasteiger partial charge in [0, 0.05) is 24.5 Å². The summed E-state index contributed by atoms with van der Waals surface area (Å²) in [6.07, 6.45) is 0. The van der Waals surface area contributed by atoms with Crippen LogP contribution in [0.2, 0.25) is 0 Å². The van der Waals surface area contributed by atoms with Crippen LogP contribution in [0, 0.1) is 13.8 Å². The highest BCUT2D eigenvalue weighted by atomic mass is 32.2. The van der Waals surface area contributed by atoms with Gasteiger partial charge in [-0.1, -0.05) is 24.3 Å². The molecule has 0 fully saturated rings. The van der Waals surface area contributed by atoms with Gasteiger partial charge < -0.3 is 9.80 Å². The monoisotopic (exact) mass is 428 g/mol. The lowest BCUT2D eigenvalue weighted by Gasteiger charge is -2.29. The molecule has 154 valence electrons. The van der Waals surface area contributed by atoms with Crippen molar-refractivity contribution in [2.24, 2.45) is 0 Å². The van der Waals surface area contributed by atoms with Crippen molar-refractivity contribution in [3.63, 3.8) is 0 Å². The van der Waals surface area contributed by atoms with Gasteiger partial charge >= 0.3 is 0 Å². The molecule has 0 heterocycles. The number of benzene rings is 2. The Morgan fingerprint density at radius 1 is 0.714 bits per heavy atom. The first-order valence-corrected chi connectivity index (χ1v) is 11.7. The third-order valence-electron chi connectivity index (χ3n) is 4.01. The van der Waals surface area contributed by atoms with Gasteiger partial charge in [-0.3, -0.25) is 9.11 Å². The van der Waals surface area contributed by atoms with Gasteiger partial charge in [0.25, 0.3) is 20.2 Å². The summed E-state index contributed by atoms with van der Waals surface area (Å²) in [7, 11) is -8.60. The van der Waals surface area contributed by atoms with Crippen molar-refractivity contribution in [2.45, 2.75) is 13.8 Å². The van der Waals surface area contributed by atoms with Gasteiger partial charge in [0.15, 0.2) is 0 Å². The van der Waals surface area contributed by atoms with E-state index in [4.69, 9.17) is 0 Å². The third-order valence-corrected chi connectivity index (χ3v) is 5.29. The number of aryl methyl sites for hydroxylation is 2. The van der Waals surface area contributed by atoms with Gasteiger partial charge in [0.05, 0.1) is 0 Å². The van der Waals surface area contributed by atoms with Crippen LogP contribution in [-0.2, 0) is 20.2 Å². The fourth-order valence-corrected chi connectivity index (χ4v) is 4.17. The zero-order valence-electron chi connectivity index (χ0n) is 15.7. The van der Waals surface area contributed by atoms with E-state index in [9.17, 15) is 25.9 Å². The summed E-state index contributed by atoms with van der Waals surface area (Å²) in [5, 5.41) is 0. The SMILES string of the molecule is Cc1cccc(N(CCN(CS(=O)(=O)O)c2cccc(C)c2)CS(=O)(=O)O)c1. The van der Waals surface area contributed by atoms with Gasteiger partial charge in [0.2, 0.25) is 0 Å². The van der Waals surface area contributed by atoms with Crippen molar-refractivity contribution in [3.8, 4) is 0 Å². The zero-order valence-corrected chi connectivity index (χ0v) is 17.3. The van der Waals surface area contributed by atoms with Crippen molar-refractivity contribution < 1.29 is 25.9 Å². The number of hydrogen-bond acceptors (Lipinski definition) is 6. The average Bonchev–Trinajstić information content (AvgIpc) is 2.55. The topological polar surface area (TPSA) is 115 Å². The van der Waals surface area contributed by atoms with Gasteiger partial charge in [-0.25, -0.2) is 0 Å². The smallest absolute Gasteiger partial charge is 0.283 e. The molecule has 10 heteroatoms. The van der Waals surface area contributed by atoms with Crippen LogP contribution in [0.1, 0.15) is 11.1 Å². The molecule has 0 aliphatic rings. The van der Waals surface area contributed by atoms with E-state index in [0.29, 0.717) is 11.4 Å². The van der Waals surface area contributed by atoms with Crippen LogP contribution in [0.25, 0.3) is 0 Å². The zero-order chi connectivity index (χ0) is 20.9. The fourth-order valence-electron chi connectivity index (χ4n) is 2.82. The molecule has 0 spiro atoms. The minimum atomic E-state index is -4.30. The summed E-state index contributed by atoms with van der Waals surface area (Å²) in [6.45, 7) is 3.92. The van der Waals surface area contributed by atoms with Gasteiger partial charge in [0.1, 0.15) is 11.8 Å². The van der Waals surface area contributed by atoms with E-state index in [1.165, 1.54) is 9.80 Å². The minimum Gasteiger partial charge on any atom is -0.354 e. The largest absolute Gasteiger partial charge is 0.354 e. The van der Waals surface area contributed by atoms with Crippen LogP contribution in [0.3, 0.4) is 0 Å².